The van der Waals surface area contributed by atoms with Crippen molar-refractivity contribution in [2.24, 2.45) is 4.99 Å². The van der Waals surface area contributed by atoms with Crippen molar-refractivity contribution in [3.05, 3.63) is 58.5 Å². The lowest BCUT2D eigenvalue weighted by molar-refractivity contribution is -0.137. The molecule has 0 saturated carbocycles. The first kappa shape index (κ1) is 27.2. The summed E-state index contributed by atoms with van der Waals surface area (Å²) in [6, 6.07) is 11.9. The number of esters is 1. The zero-order valence-corrected chi connectivity index (χ0v) is 22.2. The summed E-state index contributed by atoms with van der Waals surface area (Å²) in [7, 11) is 1.51. The summed E-state index contributed by atoms with van der Waals surface area (Å²) in [5, 5.41) is 3.13. The Bertz CT molecular complexity index is 1270. The largest absolute Gasteiger partial charge is 0.493 e. The molecule has 0 radical (unpaired) electrons. The van der Waals surface area contributed by atoms with Gasteiger partial charge in [-0.05, 0) is 67.6 Å². The van der Waals surface area contributed by atoms with Crippen molar-refractivity contribution in [2.75, 3.05) is 40.0 Å². The molecule has 2 heterocycles. The van der Waals surface area contributed by atoms with Crippen LogP contribution in [0.15, 0.2) is 52.4 Å². The number of hydrogen-bond donors (Lipinski definition) is 1. The van der Waals surface area contributed by atoms with Gasteiger partial charge < -0.3 is 29.2 Å². The highest BCUT2D eigenvalue weighted by molar-refractivity contribution is 8.18. The Morgan fingerprint density at radius 3 is 2.68 bits per heavy atom. The monoisotopic (exact) mass is 539 g/mol. The maximum absolute atomic E-state index is 12.6. The molecule has 10 nitrogen and oxygen atoms in total. The second kappa shape index (κ2) is 12.6. The number of thioether (sulfide) groups is 1. The zero-order chi connectivity index (χ0) is 27.1. The molecule has 11 heteroatoms. The highest BCUT2D eigenvalue weighted by atomic mass is 32.2. The molecule has 0 unspecified atom stereocenters. The first-order valence-corrected chi connectivity index (χ1v) is 12.9. The molecule has 38 heavy (non-hydrogen) atoms. The average Bonchev–Trinajstić information content (AvgIpc) is 3.25. The van der Waals surface area contributed by atoms with Crippen LogP contribution in [0.25, 0.3) is 6.08 Å². The number of ether oxygens (including phenoxy) is 4. The molecule has 2 aliphatic heterocycles. The number of carbonyl (C=O) groups excluding carboxylic acids is 3. The molecule has 0 bridgehead atoms. The van der Waals surface area contributed by atoms with Crippen molar-refractivity contribution in [1.82, 2.24) is 10.2 Å². The number of nitrogens with zero attached hydrogens (tertiary/aromatic N) is 2. The molecular formula is C27H29N3O7S. The number of nitrogens with one attached hydrogen (secondary N) is 1. The van der Waals surface area contributed by atoms with E-state index >= 15 is 0 Å². The van der Waals surface area contributed by atoms with E-state index in [2.05, 4.69) is 10.3 Å². The number of methoxy groups -OCH3 is 1. The van der Waals surface area contributed by atoms with E-state index in [-0.39, 0.29) is 24.5 Å². The molecule has 2 aromatic rings. The van der Waals surface area contributed by atoms with Gasteiger partial charge in [-0.3, -0.25) is 9.59 Å². The fraction of sp³-hybridized carbons (Fsp3) is 0.333. The lowest BCUT2D eigenvalue weighted by Gasteiger charge is -2.26. The molecule has 2 amide bonds. The number of hydrogen-bond acceptors (Lipinski definition) is 9. The lowest BCUT2D eigenvalue weighted by atomic mass is 10.2. The van der Waals surface area contributed by atoms with Crippen molar-refractivity contribution < 1.29 is 33.3 Å². The molecule has 2 aromatic carbocycles. The van der Waals surface area contributed by atoms with Crippen LogP contribution in [0.4, 0.5) is 5.69 Å². The van der Waals surface area contributed by atoms with Gasteiger partial charge in [-0.1, -0.05) is 12.1 Å². The van der Waals surface area contributed by atoms with Gasteiger partial charge in [0.25, 0.3) is 11.8 Å². The van der Waals surface area contributed by atoms with Crippen LogP contribution in [0.5, 0.6) is 11.5 Å². The van der Waals surface area contributed by atoms with Crippen molar-refractivity contribution >= 4 is 46.5 Å². The van der Waals surface area contributed by atoms with E-state index in [0.717, 1.165) is 0 Å². The highest BCUT2D eigenvalue weighted by Crippen LogP contribution is 2.32. The maximum Gasteiger partial charge on any atom is 0.338 e. The zero-order valence-electron chi connectivity index (χ0n) is 21.4. The average molecular weight is 540 g/mol. The smallest absolute Gasteiger partial charge is 0.338 e. The van der Waals surface area contributed by atoms with E-state index in [9.17, 15) is 14.4 Å². The first-order chi connectivity index (χ1) is 18.3. The lowest BCUT2D eigenvalue weighted by Crippen LogP contribution is -2.43. The first-order valence-electron chi connectivity index (χ1n) is 12.1. The number of aliphatic imine (C=N–C) groups is 1. The Morgan fingerprint density at radius 1 is 1.16 bits per heavy atom. The Labute approximate surface area is 225 Å². The van der Waals surface area contributed by atoms with Crippen molar-refractivity contribution in [1.29, 1.82) is 0 Å². The van der Waals surface area contributed by atoms with Gasteiger partial charge in [-0.2, -0.15) is 0 Å². The molecule has 1 N–H and O–H groups in total. The van der Waals surface area contributed by atoms with Gasteiger partial charge in [0.05, 0.1) is 42.6 Å². The Balaban J connectivity index is 1.43. The van der Waals surface area contributed by atoms with Crippen LogP contribution < -0.4 is 14.8 Å². The van der Waals surface area contributed by atoms with E-state index in [0.29, 0.717) is 64.7 Å². The van der Waals surface area contributed by atoms with Crippen LogP contribution in [-0.4, -0.2) is 74.0 Å². The molecule has 2 saturated heterocycles. The minimum atomic E-state index is -0.433. The van der Waals surface area contributed by atoms with Gasteiger partial charge in [0.2, 0.25) is 0 Å². The van der Waals surface area contributed by atoms with Gasteiger partial charge in [-0.25, -0.2) is 9.79 Å². The number of amides is 2. The summed E-state index contributed by atoms with van der Waals surface area (Å²) >= 11 is 1.18. The third-order valence-corrected chi connectivity index (χ3v) is 6.42. The van der Waals surface area contributed by atoms with Crippen LogP contribution in [0.1, 0.15) is 29.8 Å². The van der Waals surface area contributed by atoms with Gasteiger partial charge in [0, 0.05) is 13.1 Å². The second-order valence-corrected chi connectivity index (χ2v) is 9.71. The summed E-state index contributed by atoms with van der Waals surface area (Å²) in [5.41, 5.74) is 1.61. The molecule has 200 valence electrons. The predicted molar refractivity (Wildman–Crippen MR) is 144 cm³/mol. The Hall–Kier alpha value is -3.83. The normalized spacial score (nSPS) is 17.6. The fourth-order valence-electron chi connectivity index (χ4n) is 3.67. The Morgan fingerprint density at radius 2 is 1.95 bits per heavy atom. The van der Waals surface area contributed by atoms with Crippen LogP contribution in [0.3, 0.4) is 0 Å². The Kier molecular flexibility index (Phi) is 9.03. The predicted octanol–water partition coefficient (Wildman–Crippen LogP) is 3.39. The quantitative estimate of drug-likeness (QED) is 0.401. The minimum absolute atomic E-state index is 0.106. The third kappa shape index (κ3) is 7.14. The third-order valence-electron chi connectivity index (χ3n) is 5.51. The maximum atomic E-state index is 12.6. The minimum Gasteiger partial charge on any atom is -0.493 e. The fourth-order valence-corrected chi connectivity index (χ4v) is 4.51. The number of carbonyl (C=O) groups is 3. The topological polar surface area (TPSA) is 116 Å². The van der Waals surface area contributed by atoms with Crippen molar-refractivity contribution in [3.8, 4) is 11.5 Å². The van der Waals surface area contributed by atoms with Crippen molar-refractivity contribution in [2.45, 2.75) is 20.0 Å². The summed E-state index contributed by atoms with van der Waals surface area (Å²) < 4.78 is 21.6. The van der Waals surface area contributed by atoms with E-state index in [1.54, 1.807) is 67.3 Å². The van der Waals surface area contributed by atoms with E-state index in [4.69, 9.17) is 18.9 Å². The molecule has 0 aliphatic carbocycles. The second-order valence-electron chi connectivity index (χ2n) is 8.68. The van der Waals surface area contributed by atoms with Gasteiger partial charge in [0.15, 0.2) is 23.3 Å². The molecule has 2 aliphatic rings. The summed E-state index contributed by atoms with van der Waals surface area (Å²) in [6.07, 6.45) is 1.48. The standard InChI is InChI=1S/C27H29N3O7S/c1-17(2)37-26(33)19-5-4-6-20(15-19)28-27-29-25(32)23(38-27)14-18-7-8-21(22(13-18)34-3)36-16-24(31)30-9-11-35-12-10-30/h4-8,13-15,17H,9-12,16H2,1-3H3,(H,28,29,32)/b23-14-. The number of benzene rings is 2. The van der Waals surface area contributed by atoms with Crippen LogP contribution >= 0.6 is 11.8 Å². The number of rotatable bonds is 8. The summed E-state index contributed by atoms with van der Waals surface area (Å²) in [6.45, 7) is 5.60. The summed E-state index contributed by atoms with van der Waals surface area (Å²) in [4.78, 5) is 43.7. The molecule has 2 fully saturated rings. The molecular weight excluding hydrogens is 510 g/mol. The summed E-state index contributed by atoms with van der Waals surface area (Å²) in [5.74, 6) is 0.0290. The SMILES string of the molecule is COc1cc(/C=C2\SC(=Nc3cccc(C(=O)OC(C)C)c3)NC2=O)ccc1OCC(=O)N1CCOCC1. The van der Waals surface area contributed by atoms with E-state index < -0.39 is 5.97 Å². The van der Waals surface area contributed by atoms with E-state index in [1.165, 1.54) is 18.9 Å². The van der Waals surface area contributed by atoms with Gasteiger partial charge >= 0.3 is 5.97 Å². The highest BCUT2D eigenvalue weighted by Gasteiger charge is 2.24. The van der Waals surface area contributed by atoms with Gasteiger partial charge in [-0.15, -0.1) is 0 Å². The number of amidine groups is 1. The number of morpholine rings is 1. The van der Waals surface area contributed by atoms with Crippen LogP contribution in [-0.2, 0) is 19.1 Å². The molecule has 0 atom stereocenters. The molecule has 0 aromatic heterocycles. The molecule has 4 rings (SSSR count). The van der Waals surface area contributed by atoms with E-state index in [1.807, 2.05) is 0 Å². The molecule has 0 spiro atoms. The van der Waals surface area contributed by atoms with Crippen molar-refractivity contribution in [3.63, 3.8) is 0 Å². The van der Waals surface area contributed by atoms with Gasteiger partial charge in [0.1, 0.15) is 0 Å². The van der Waals surface area contributed by atoms with Crippen LogP contribution in [0.2, 0.25) is 0 Å². The van der Waals surface area contributed by atoms with Crippen LogP contribution in [0, 0.1) is 0 Å².